The van der Waals surface area contributed by atoms with Crippen molar-refractivity contribution < 1.29 is 12.6 Å². The molecule has 3 saturated carbocycles. The van der Waals surface area contributed by atoms with E-state index in [1.807, 2.05) is 0 Å². The molecule has 3 aliphatic carbocycles. The number of hydrogen-bond acceptors (Lipinski definition) is 3. The van der Waals surface area contributed by atoms with Crippen molar-refractivity contribution in [2.24, 2.45) is 0 Å². The number of thiol groups is 1. The van der Waals surface area contributed by atoms with Crippen molar-refractivity contribution in [1.29, 1.82) is 0 Å². The Kier molecular flexibility index (Phi) is 6.98. The van der Waals surface area contributed by atoms with Gasteiger partial charge in [-0.2, -0.15) is 8.42 Å². The third-order valence-corrected chi connectivity index (χ3v) is 7.83. The molecule has 0 saturated heterocycles. The van der Waals surface area contributed by atoms with Crippen LogP contribution in [0.2, 0.25) is 0 Å². The molecule has 1 aromatic rings. The Morgan fingerprint density at radius 1 is 0.607 bits per heavy atom. The lowest BCUT2D eigenvalue weighted by Gasteiger charge is -2.31. The van der Waals surface area contributed by atoms with Gasteiger partial charge in [0.1, 0.15) is 5.75 Å². The standard InChI is InChI=1S/C24H36O3S/c25-28(26)27-24-22(19-12-6-2-7-13-19)16-21(18-10-4-1-5-11-18)17-23(24)20-14-8-3-9-15-20/h16-20,28H,1-15H2. The summed E-state index contributed by atoms with van der Waals surface area (Å²) in [7, 11) is -2.88. The van der Waals surface area contributed by atoms with Crippen LogP contribution in [0, 0.1) is 0 Å². The summed E-state index contributed by atoms with van der Waals surface area (Å²) in [6.07, 6.45) is 18.9. The average Bonchev–Trinajstić information content (AvgIpc) is 2.75. The van der Waals surface area contributed by atoms with E-state index in [1.54, 1.807) is 0 Å². The molecular weight excluding hydrogens is 368 g/mol. The van der Waals surface area contributed by atoms with Gasteiger partial charge in [0, 0.05) is 0 Å². The van der Waals surface area contributed by atoms with Gasteiger partial charge >= 0.3 is 0 Å². The fraction of sp³-hybridized carbons (Fsp3) is 0.750. The predicted octanol–water partition coefficient (Wildman–Crippen LogP) is 6.73. The number of hydrogen-bond donors (Lipinski definition) is 1. The molecule has 28 heavy (non-hydrogen) atoms. The molecule has 3 fully saturated rings. The van der Waals surface area contributed by atoms with Gasteiger partial charge < -0.3 is 4.18 Å². The first-order chi connectivity index (χ1) is 13.7. The molecule has 0 unspecified atom stereocenters. The first-order valence-electron chi connectivity index (χ1n) is 11.7. The molecule has 0 aromatic heterocycles. The second-order valence-corrected chi connectivity index (χ2v) is 9.98. The minimum Gasteiger partial charge on any atom is -0.384 e. The molecule has 0 radical (unpaired) electrons. The zero-order valence-electron chi connectivity index (χ0n) is 17.2. The average molecular weight is 405 g/mol. The zero-order valence-corrected chi connectivity index (χ0v) is 18.1. The zero-order chi connectivity index (χ0) is 19.3. The summed E-state index contributed by atoms with van der Waals surface area (Å²) >= 11 is 0. The summed E-state index contributed by atoms with van der Waals surface area (Å²) in [5.41, 5.74) is 3.89. The Balaban J connectivity index is 1.79. The predicted molar refractivity (Wildman–Crippen MR) is 115 cm³/mol. The molecule has 0 spiro atoms. The van der Waals surface area contributed by atoms with Gasteiger partial charge in [-0.15, -0.1) is 0 Å². The van der Waals surface area contributed by atoms with Crippen molar-refractivity contribution in [2.75, 3.05) is 0 Å². The lowest BCUT2D eigenvalue weighted by atomic mass is 9.75. The maximum absolute atomic E-state index is 11.6. The number of rotatable bonds is 5. The third-order valence-electron chi connectivity index (χ3n) is 7.50. The highest BCUT2D eigenvalue weighted by Gasteiger charge is 2.29. The third kappa shape index (κ3) is 4.75. The van der Waals surface area contributed by atoms with Crippen molar-refractivity contribution in [2.45, 2.75) is 114 Å². The molecule has 0 N–H and O–H groups in total. The number of benzene rings is 1. The Hall–Kier alpha value is -1.03. The minimum absolute atomic E-state index is 0.463. The molecule has 1 aromatic carbocycles. The second kappa shape index (κ2) is 9.65. The lowest BCUT2D eigenvalue weighted by Crippen LogP contribution is -2.14. The summed E-state index contributed by atoms with van der Waals surface area (Å²) in [5.74, 6) is 2.29. The van der Waals surface area contributed by atoms with E-state index in [2.05, 4.69) is 12.1 Å². The van der Waals surface area contributed by atoms with Crippen LogP contribution in [-0.2, 0) is 11.0 Å². The van der Waals surface area contributed by atoms with Gasteiger partial charge in [-0.25, -0.2) is 0 Å². The Morgan fingerprint density at radius 3 is 1.39 bits per heavy atom. The van der Waals surface area contributed by atoms with Crippen LogP contribution in [0.1, 0.15) is 131 Å². The molecule has 156 valence electrons. The Morgan fingerprint density at radius 2 is 1.00 bits per heavy atom. The van der Waals surface area contributed by atoms with Gasteiger partial charge in [0.15, 0.2) is 0 Å². The summed E-state index contributed by atoms with van der Waals surface area (Å²) in [6.45, 7) is 0. The fourth-order valence-electron chi connectivity index (χ4n) is 5.98. The smallest absolute Gasteiger partial charge is 0.299 e. The summed E-state index contributed by atoms with van der Waals surface area (Å²) < 4.78 is 28.9. The molecular formula is C24H36O3S. The van der Waals surface area contributed by atoms with Gasteiger partial charge in [0.2, 0.25) is 0 Å². The SMILES string of the molecule is O=[SH](=O)Oc1c(C2CCCCC2)cc(C2CCCCC2)cc1C1CCCCC1. The monoisotopic (exact) mass is 404 g/mol. The minimum atomic E-state index is -2.88. The van der Waals surface area contributed by atoms with E-state index in [1.165, 1.54) is 113 Å². The highest BCUT2D eigenvalue weighted by molar-refractivity contribution is 7.67. The van der Waals surface area contributed by atoms with Crippen LogP contribution in [0.3, 0.4) is 0 Å². The van der Waals surface area contributed by atoms with Gasteiger partial charge in [0.05, 0.1) is 0 Å². The molecule has 3 aliphatic rings. The van der Waals surface area contributed by atoms with E-state index >= 15 is 0 Å². The fourth-order valence-corrected chi connectivity index (χ4v) is 6.34. The van der Waals surface area contributed by atoms with Crippen LogP contribution in [0.5, 0.6) is 5.75 Å². The van der Waals surface area contributed by atoms with E-state index in [4.69, 9.17) is 4.18 Å². The van der Waals surface area contributed by atoms with Crippen LogP contribution in [0.25, 0.3) is 0 Å². The van der Waals surface area contributed by atoms with Crippen LogP contribution in [0.15, 0.2) is 12.1 Å². The van der Waals surface area contributed by atoms with Gasteiger partial charge in [-0.3, -0.25) is 0 Å². The lowest BCUT2D eigenvalue weighted by molar-refractivity contribution is 0.410. The molecule has 0 aliphatic heterocycles. The van der Waals surface area contributed by atoms with E-state index in [0.29, 0.717) is 17.8 Å². The largest absolute Gasteiger partial charge is 0.384 e. The van der Waals surface area contributed by atoms with Crippen molar-refractivity contribution in [3.63, 3.8) is 0 Å². The first kappa shape index (κ1) is 20.3. The van der Waals surface area contributed by atoms with E-state index in [0.717, 1.165) is 5.75 Å². The van der Waals surface area contributed by atoms with Crippen LogP contribution in [-0.4, -0.2) is 8.42 Å². The van der Waals surface area contributed by atoms with E-state index in [-0.39, 0.29) is 0 Å². The summed E-state index contributed by atoms with van der Waals surface area (Å²) in [4.78, 5) is 0. The molecule has 4 rings (SSSR count). The second-order valence-electron chi connectivity index (χ2n) is 9.35. The first-order valence-corrected chi connectivity index (χ1v) is 12.8. The molecule has 0 bridgehead atoms. The Labute approximate surface area is 172 Å². The highest BCUT2D eigenvalue weighted by Crippen LogP contribution is 2.47. The van der Waals surface area contributed by atoms with Gasteiger partial charge in [-0.05, 0) is 73.0 Å². The van der Waals surface area contributed by atoms with Crippen molar-refractivity contribution >= 4 is 11.0 Å². The van der Waals surface area contributed by atoms with Crippen molar-refractivity contribution in [3.05, 3.63) is 28.8 Å². The van der Waals surface area contributed by atoms with Gasteiger partial charge in [-0.1, -0.05) is 69.9 Å². The Bertz CT molecular complexity index is 674. The topological polar surface area (TPSA) is 43.4 Å². The molecule has 0 amide bonds. The molecule has 0 atom stereocenters. The normalized spacial score (nSPS) is 23.2. The molecule has 0 heterocycles. The summed E-state index contributed by atoms with van der Waals surface area (Å²) in [5, 5.41) is 0. The van der Waals surface area contributed by atoms with Gasteiger partial charge in [0.25, 0.3) is 11.0 Å². The quantitative estimate of drug-likeness (QED) is 0.553. The van der Waals surface area contributed by atoms with Crippen LogP contribution in [0.4, 0.5) is 0 Å². The van der Waals surface area contributed by atoms with Crippen LogP contribution >= 0.6 is 0 Å². The van der Waals surface area contributed by atoms with Crippen LogP contribution < -0.4 is 4.18 Å². The van der Waals surface area contributed by atoms with E-state index in [9.17, 15) is 8.42 Å². The van der Waals surface area contributed by atoms with E-state index < -0.39 is 11.0 Å². The molecule has 3 nitrogen and oxygen atoms in total. The maximum atomic E-state index is 11.6. The highest BCUT2D eigenvalue weighted by atomic mass is 32.2. The molecule has 4 heteroatoms. The maximum Gasteiger partial charge on any atom is 0.299 e. The van der Waals surface area contributed by atoms with Crippen molar-refractivity contribution in [1.82, 2.24) is 0 Å². The summed E-state index contributed by atoms with van der Waals surface area (Å²) in [6, 6.07) is 4.71. The van der Waals surface area contributed by atoms with Crippen molar-refractivity contribution in [3.8, 4) is 5.75 Å².